The highest BCUT2D eigenvalue weighted by atomic mass is 19.4. The summed E-state index contributed by atoms with van der Waals surface area (Å²) in [6.07, 6.45) is -5.39. The number of carboxylic acids is 1. The van der Waals surface area contributed by atoms with Crippen LogP contribution in [0.2, 0.25) is 0 Å². The van der Waals surface area contributed by atoms with Gasteiger partial charge in [0.05, 0.1) is 54.1 Å². The van der Waals surface area contributed by atoms with Crippen molar-refractivity contribution in [1.29, 1.82) is 0 Å². The van der Waals surface area contributed by atoms with Gasteiger partial charge >= 0.3 is 12.1 Å². The highest BCUT2D eigenvalue weighted by Gasteiger charge is 2.30. The predicted molar refractivity (Wildman–Crippen MR) is 148 cm³/mol. The second-order valence-electron chi connectivity index (χ2n) is 9.43. The molecule has 0 radical (unpaired) electrons. The molecule has 0 spiro atoms. The quantitative estimate of drug-likeness (QED) is 0.272. The number of hydrogen-bond acceptors (Lipinski definition) is 6. The second kappa shape index (κ2) is 13.1. The minimum absolute atomic E-state index is 0.0465. The number of likely N-dealkylation sites (tertiary alicyclic amines) is 1. The molecule has 1 aromatic heterocycles. The standard InChI is InChI=1S/C29H30F4N4O4/c1-40-14-13-36-12-10-24(22(30)17-36)35-23-6-3-7-26-21(23)16-20(37(26)18-29(31,32)33)5-4-11-34-25-9-8-19(28(38)39)15-27(25)41-2/h3,6-9,15-16,22,34H,10-14,17-18H2,1-2H3,(H,38,39)/t22-/m1/s1. The first-order valence-corrected chi connectivity index (χ1v) is 12.9. The number of carbonyl (C=O) groups is 1. The first-order chi connectivity index (χ1) is 19.6. The van der Waals surface area contributed by atoms with Gasteiger partial charge in [-0.3, -0.25) is 9.89 Å². The number of anilines is 1. The number of carboxylic acid groups (broad SMARTS) is 1. The number of hydrogen-bond donors (Lipinski definition) is 2. The topological polar surface area (TPSA) is 88.3 Å². The van der Waals surface area contributed by atoms with E-state index in [2.05, 4.69) is 22.2 Å². The molecule has 2 heterocycles. The molecule has 1 saturated heterocycles. The van der Waals surface area contributed by atoms with Crippen molar-refractivity contribution in [3.8, 4) is 17.6 Å². The van der Waals surface area contributed by atoms with Crippen molar-refractivity contribution in [3.63, 3.8) is 0 Å². The van der Waals surface area contributed by atoms with Crippen molar-refractivity contribution >= 4 is 34.0 Å². The summed E-state index contributed by atoms with van der Waals surface area (Å²) in [6, 6.07) is 10.6. The van der Waals surface area contributed by atoms with Crippen molar-refractivity contribution in [2.45, 2.75) is 25.3 Å². The van der Waals surface area contributed by atoms with Crippen LogP contribution in [0.4, 0.5) is 28.9 Å². The van der Waals surface area contributed by atoms with Gasteiger partial charge in [0.15, 0.2) is 6.17 Å². The van der Waals surface area contributed by atoms with Gasteiger partial charge < -0.3 is 24.5 Å². The van der Waals surface area contributed by atoms with Crippen LogP contribution in [0.5, 0.6) is 5.75 Å². The molecule has 0 saturated carbocycles. The Bertz CT molecular complexity index is 1490. The molecule has 0 aliphatic carbocycles. The third-order valence-electron chi connectivity index (χ3n) is 6.63. The van der Waals surface area contributed by atoms with Gasteiger partial charge in [-0.25, -0.2) is 9.18 Å². The zero-order valence-electron chi connectivity index (χ0n) is 22.6. The third-order valence-corrected chi connectivity index (χ3v) is 6.63. The number of fused-ring (bicyclic) bond motifs is 1. The molecule has 41 heavy (non-hydrogen) atoms. The van der Waals surface area contributed by atoms with E-state index in [0.29, 0.717) is 54.1 Å². The van der Waals surface area contributed by atoms with Crippen LogP contribution in [0.3, 0.4) is 0 Å². The van der Waals surface area contributed by atoms with Gasteiger partial charge in [-0.05, 0) is 42.3 Å². The fraction of sp³-hybridized carbons (Fsp3) is 0.379. The van der Waals surface area contributed by atoms with E-state index in [1.807, 2.05) is 4.90 Å². The number of aromatic carboxylic acids is 1. The number of nitrogens with one attached hydrogen (secondary N) is 1. The Morgan fingerprint density at radius 2 is 2.02 bits per heavy atom. The van der Waals surface area contributed by atoms with Crippen molar-refractivity contribution in [1.82, 2.24) is 9.47 Å². The van der Waals surface area contributed by atoms with E-state index in [-0.39, 0.29) is 30.1 Å². The van der Waals surface area contributed by atoms with Crippen molar-refractivity contribution in [3.05, 3.63) is 53.7 Å². The number of ether oxygens (including phenoxy) is 2. The van der Waals surface area contributed by atoms with Crippen molar-refractivity contribution < 1.29 is 36.9 Å². The molecule has 2 N–H and O–H groups in total. The maximum absolute atomic E-state index is 14.9. The van der Waals surface area contributed by atoms with Crippen LogP contribution in [0, 0.1) is 11.8 Å². The van der Waals surface area contributed by atoms with Crippen LogP contribution in [0.15, 0.2) is 47.5 Å². The molecule has 4 rings (SSSR count). The van der Waals surface area contributed by atoms with Crippen LogP contribution in [-0.4, -0.2) is 85.6 Å². The van der Waals surface area contributed by atoms with Gasteiger partial charge in [-0.15, -0.1) is 0 Å². The van der Waals surface area contributed by atoms with E-state index in [9.17, 15) is 22.4 Å². The lowest BCUT2D eigenvalue weighted by molar-refractivity contribution is -0.140. The molecule has 1 aliphatic rings. The van der Waals surface area contributed by atoms with Crippen LogP contribution < -0.4 is 10.1 Å². The number of aliphatic imine (C=N–C) groups is 1. The molecule has 12 heteroatoms. The largest absolute Gasteiger partial charge is 0.495 e. The van der Waals surface area contributed by atoms with Gasteiger partial charge in [0.1, 0.15) is 12.3 Å². The average molecular weight is 575 g/mol. The first kappa shape index (κ1) is 29.9. The van der Waals surface area contributed by atoms with Crippen molar-refractivity contribution in [2.75, 3.05) is 52.3 Å². The Labute approximate surface area is 234 Å². The summed E-state index contributed by atoms with van der Waals surface area (Å²) >= 11 is 0. The zero-order valence-corrected chi connectivity index (χ0v) is 22.6. The summed E-state index contributed by atoms with van der Waals surface area (Å²) in [5.41, 5.74) is 1.69. The van der Waals surface area contributed by atoms with Gasteiger partial charge in [0.25, 0.3) is 0 Å². The second-order valence-corrected chi connectivity index (χ2v) is 9.43. The van der Waals surface area contributed by atoms with Crippen LogP contribution in [0.25, 0.3) is 10.9 Å². The van der Waals surface area contributed by atoms with Crippen LogP contribution in [0.1, 0.15) is 22.5 Å². The monoisotopic (exact) mass is 574 g/mol. The highest BCUT2D eigenvalue weighted by Crippen LogP contribution is 2.32. The van der Waals surface area contributed by atoms with Gasteiger partial charge in [0.2, 0.25) is 0 Å². The van der Waals surface area contributed by atoms with Crippen LogP contribution in [-0.2, 0) is 11.3 Å². The van der Waals surface area contributed by atoms with E-state index in [1.165, 1.54) is 31.4 Å². The molecular formula is C29H30F4N4O4. The fourth-order valence-corrected chi connectivity index (χ4v) is 4.62. The van der Waals surface area contributed by atoms with Gasteiger partial charge in [-0.1, -0.05) is 12.0 Å². The van der Waals surface area contributed by atoms with E-state index < -0.39 is 24.9 Å². The molecule has 8 nitrogen and oxygen atoms in total. The number of rotatable bonds is 9. The van der Waals surface area contributed by atoms with E-state index >= 15 is 0 Å². The lowest BCUT2D eigenvalue weighted by Gasteiger charge is -2.29. The Morgan fingerprint density at radius 1 is 1.22 bits per heavy atom. The Morgan fingerprint density at radius 3 is 2.71 bits per heavy atom. The SMILES string of the molecule is COCCN1CCC(=Nc2cccc3c2cc(C#CCNc2ccc(C(=O)O)cc2OC)n3CC(F)(F)F)[C@H](F)C1. The molecule has 2 aromatic carbocycles. The number of methoxy groups -OCH3 is 2. The molecular weight excluding hydrogens is 544 g/mol. The number of nitrogens with zero attached hydrogens (tertiary/aromatic N) is 3. The van der Waals surface area contributed by atoms with Crippen molar-refractivity contribution in [2.24, 2.45) is 4.99 Å². The smallest absolute Gasteiger partial charge is 0.406 e. The molecule has 1 fully saturated rings. The minimum Gasteiger partial charge on any atom is -0.495 e. The minimum atomic E-state index is -4.50. The molecule has 3 aromatic rings. The maximum atomic E-state index is 14.9. The molecule has 0 amide bonds. The third kappa shape index (κ3) is 7.56. The molecule has 0 unspecified atom stereocenters. The van der Waals surface area contributed by atoms with Gasteiger partial charge in [-0.2, -0.15) is 13.2 Å². The average Bonchev–Trinajstić information content (AvgIpc) is 3.27. The first-order valence-electron chi connectivity index (χ1n) is 12.9. The Kier molecular flexibility index (Phi) is 9.52. The summed E-state index contributed by atoms with van der Waals surface area (Å²) < 4.78 is 66.9. The highest BCUT2D eigenvalue weighted by molar-refractivity contribution is 5.98. The summed E-state index contributed by atoms with van der Waals surface area (Å²) in [5.74, 6) is 4.81. The number of aromatic nitrogens is 1. The summed E-state index contributed by atoms with van der Waals surface area (Å²) in [7, 11) is 2.98. The molecule has 0 bridgehead atoms. The molecule has 218 valence electrons. The number of piperidine rings is 1. The lowest BCUT2D eigenvalue weighted by Crippen LogP contribution is -2.43. The van der Waals surface area contributed by atoms with E-state index in [4.69, 9.17) is 14.6 Å². The maximum Gasteiger partial charge on any atom is 0.406 e. The Hall–Kier alpha value is -4.08. The predicted octanol–water partition coefficient (Wildman–Crippen LogP) is 5.14. The number of alkyl halides is 4. The van der Waals surface area contributed by atoms with Gasteiger partial charge in [0, 0.05) is 38.6 Å². The number of benzene rings is 2. The van der Waals surface area contributed by atoms with Crippen LogP contribution >= 0.6 is 0 Å². The normalized spacial score (nSPS) is 16.9. The molecule has 1 atom stereocenters. The summed E-state index contributed by atoms with van der Waals surface area (Å²) in [6.45, 7) is 0.696. The van der Waals surface area contributed by atoms with E-state index in [0.717, 1.165) is 4.57 Å². The van der Waals surface area contributed by atoms with E-state index in [1.54, 1.807) is 25.3 Å². The Balaban J connectivity index is 1.61. The zero-order chi connectivity index (χ0) is 29.6. The molecule has 1 aliphatic heterocycles. The lowest BCUT2D eigenvalue weighted by atomic mass is 10.1. The fourth-order valence-electron chi connectivity index (χ4n) is 4.62. The summed E-state index contributed by atoms with van der Waals surface area (Å²) in [4.78, 5) is 17.7. The number of halogens is 4. The summed E-state index contributed by atoms with van der Waals surface area (Å²) in [5, 5.41) is 12.6.